The molecule has 0 unspecified atom stereocenters. The molecular formula is C21H19N7O. The highest BCUT2D eigenvalue weighted by Crippen LogP contribution is 2.28. The third-order valence-electron chi connectivity index (χ3n) is 4.30. The lowest BCUT2D eigenvalue weighted by molar-refractivity contribution is -0.119. The van der Waals surface area contributed by atoms with Gasteiger partial charge in [-0.2, -0.15) is 0 Å². The Morgan fingerprint density at radius 1 is 0.897 bits per heavy atom. The average molecular weight is 385 g/mol. The van der Waals surface area contributed by atoms with E-state index in [1.807, 2.05) is 60.7 Å². The highest BCUT2D eigenvalue weighted by molar-refractivity contribution is 5.93. The number of carbonyl (C=O) groups excluding carboxylic acids is 1. The van der Waals surface area contributed by atoms with Gasteiger partial charge in [0.25, 0.3) is 0 Å². The first-order valence-electron chi connectivity index (χ1n) is 9.01. The lowest BCUT2D eigenvalue weighted by atomic mass is 10.1. The number of hydrogen-bond donors (Lipinski definition) is 4. The van der Waals surface area contributed by atoms with E-state index in [9.17, 15) is 4.79 Å². The fourth-order valence-corrected chi connectivity index (χ4v) is 2.88. The van der Waals surface area contributed by atoms with E-state index in [-0.39, 0.29) is 18.0 Å². The van der Waals surface area contributed by atoms with Crippen LogP contribution in [0, 0.1) is 0 Å². The van der Waals surface area contributed by atoms with Gasteiger partial charge in [-0.05, 0) is 17.7 Å². The van der Waals surface area contributed by atoms with Crippen LogP contribution in [0.25, 0.3) is 10.9 Å². The lowest BCUT2D eigenvalue weighted by Crippen LogP contribution is -2.31. The van der Waals surface area contributed by atoms with Crippen molar-refractivity contribution in [2.75, 3.05) is 16.5 Å². The van der Waals surface area contributed by atoms with Crippen LogP contribution < -0.4 is 21.9 Å². The zero-order valence-corrected chi connectivity index (χ0v) is 15.5. The molecule has 0 aliphatic heterocycles. The number of carbonyl (C=O) groups is 1. The van der Waals surface area contributed by atoms with E-state index in [4.69, 9.17) is 5.73 Å². The second-order valence-electron chi connectivity index (χ2n) is 6.33. The molecule has 0 fully saturated rings. The van der Waals surface area contributed by atoms with Crippen molar-refractivity contribution in [2.24, 2.45) is 0 Å². The predicted octanol–water partition coefficient (Wildman–Crippen LogP) is 3.04. The van der Waals surface area contributed by atoms with Gasteiger partial charge in [-0.1, -0.05) is 48.5 Å². The van der Waals surface area contributed by atoms with Crippen LogP contribution in [0.4, 0.5) is 23.0 Å². The topological polar surface area (TPSA) is 118 Å². The number of anilines is 4. The molecule has 2 aromatic heterocycles. The largest absolute Gasteiger partial charge is 0.393 e. The third kappa shape index (κ3) is 4.22. The van der Waals surface area contributed by atoms with Gasteiger partial charge in [0.1, 0.15) is 12.0 Å². The second kappa shape index (κ2) is 8.22. The molecule has 5 N–H and O–H groups in total. The van der Waals surface area contributed by atoms with Gasteiger partial charge in [-0.3, -0.25) is 20.6 Å². The summed E-state index contributed by atoms with van der Waals surface area (Å²) >= 11 is 0. The van der Waals surface area contributed by atoms with Gasteiger partial charge in [-0.25, -0.2) is 9.97 Å². The molecular weight excluding hydrogens is 366 g/mol. The van der Waals surface area contributed by atoms with Crippen molar-refractivity contribution in [3.63, 3.8) is 0 Å². The van der Waals surface area contributed by atoms with Crippen molar-refractivity contribution >= 4 is 39.8 Å². The number of hydrogen-bond acceptors (Lipinski definition) is 7. The summed E-state index contributed by atoms with van der Waals surface area (Å²) < 4.78 is 0. The number of nitrogens with zero attached hydrogens (tertiary/aromatic N) is 3. The molecule has 8 heteroatoms. The van der Waals surface area contributed by atoms with Crippen molar-refractivity contribution < 1.29 is 4.79 Å². The number of pyridine rings is 1. The summed E-state index contributed by atoms with van der Waals surface area (Å²) in [5, 5.41) is 4.19. The molecule has 2 aromatic carbocycles. The Balaban J connectivity index is 1.48. The highest BCUT2D eigenvalue weighted by Gasteiger charge is 2.11. The molecule has 4 aromatic rings. The molecule has 0 radical (unpaired) electrons. The van der Waals surface area contributed by atoms with Gasteiger partial charge in [0.15, 0.2) is 11.6 Å². The zero-order valence-electron chi connectivity index (χ0n) is 15.5. The van der Waals surface area contributed by atoms with Crippen molar-refractivity contribution in [3.8, 4) is 0 Å². The van der Waals surface area contributed by atoms with Gasteiger partial charge in [-0.15, -0.1) is 0 Å². The summed E-state index contributed by atoms with van der Waals surface area (Å²) in [6, 6.07) is 19.1. The molecule has 4 rings (SSSR count). The molecule has 0 saturated heterocycles. The molecule has 0 aliphatic rings. The summed E-state index contributed by atoms with van der Waals surface area (Å²) in [6.45, 7) is 0. The number of para-hydroxylation sites is 1. The molecule has 1 amide bonds. The Kier molecular flexibility index (Phi) is 5.15. The van der Waals surface area contributed by atoms with Crippen molar-refractivity contribution in [3.05, 3.63) is 78.8 Å². The predicted molar refractivity (Wildman–Crippen MR) is 113 cm³/mol. The normalized spacial score (nSPS) is 10.5. The van der Waals surface area contributed by atoms with Crippen molar-refractivity contribution in [2.45, 2.75) is 6.42 Å². The molecule has 2 heterocycles. The maximum atomic E-state index is 12.1. The van der Waals surface area contributed by atoms with E-state index in [2.05, 4.69) is 31.1 Å². The van der Waals surface area contributed by atoms with Gasteiger partial charge < -0.3 is 11.1 Å². The molecule has 0 aliphatic carbocycles. The molecule has 8 nitrogen and oxygen atoms in total. The summed E-state index contributed by atoms with van der Waals surface area (Å²) in [5.74, 6) is 0.511. The fourth-order valence-electron chi connectivity index (χ4n) is 2.88. The number of nitrogens with one attached hydrogen (secondary N) is 3. The first-order valence-corrected chi connectivity index (χ1v) is 9.01. The maximum Gasteiger partial charge on any atom is 0.242 e. The number of rotatable bonds is 6. The van der Waals surface area contributed by atoms with E-state index >= 15 is 0 Å². The van der Waals surface area contributed by atoms with Crippen LogP contribution in [-0.2, 0) is 11.2 Å². The third-order valence-corrected chi connectivity index (χ3v) is 4.30. The maximum absolute atomic E-state index is 12.1. The smallest absolute Gasteiger partial charge is 0.242 e. The number of nitrogens with two attached hydrogens (primary N) is 1. The zero-order chi connectivity index (χ0) is 20.1. The minimum absolute atomic E-state index is 0.207. The van der Waals surface area contributed by atoms with Crippen LogP contribution in [0.2, 0.25) is 0 Å². The number of benzene rings is 2. The Labute approximate surface area is 167 Å². The van der Waals surface area contributed by atoms with Crippen LogP contribution in [-0.4, -0.2) is 20.9 Å². The SMILES string of the molecule is Nc1c(NNC(=O)Cc2ccccc2)ncnc1Nc1cccc2cccnc12. The van der Waals surface area contributed by atoms with Crippen LogP contribution in [0.1, 0.15) is 5.56 Å². The minimum Gasteiger partial charge on any atom is -0.393 e. The van der Waals surface area contributed by atoms with Crippen molar-refractivity contribution in [1.82, 2.24) is 20.4 Å². The number of amides is 1. The van der Waals surface area contributed by atoms with Crippen molar-refractivity contribution in [1.29, 1.82) is 0 Å². The monoisotopic (exact) mass is 385 g/mol. The first-order chi connectivity index (χ1) is 14.2. The van der Waals surface area contributed by atoms with Gasteiger partial charge >= 0.3 is 0 Å². The molecule has 29 heavy (non-hydrogen) atoms. The van der Waals surface area contributed by atoms with Gasteiger partial charge in [0.2, 0.25) is 5.91 Å². The summed E-state index contributed by atoms with van der Waals surface area (Å²) in [5.41, 5.74) is 14.3. The van der Waals surface area contributed by atoms with E-state index in [0.717, 1.165) is 22.2 Å². The van der Waals surface area contributed by atoms with Crippen LogP contribution >= 0.6 is 0 Å². The van der Waals surface area contributed by atoms with E-state index < -0.39 is 0 Å². The molecule has 0 saturated carbocycles. The standard InChI is InChI=1S/C21H19N7O/c22-18-20(26-16-10-4-8-15-9-5-11-23-19(15)16)24-13-25-21(18)28-27-17(29)12-14-6-2-1-3-7-14/h1-11,13H,12,22H2,(H,27,29)(H2,24,25,26,28). The van der Waals surface area contributed by atoms with Gasteiger partial charge in [0, 0.05) is 11.6 Å². The Morgan fingerprint density at radius 2 is 1.69 bits per heavy atom. The van der Waals surface area contributed by atoms with Gasteiger partial charge in [0.05, 0.1) is 17.6 Å². The number of nitrogen functional groups attached to an aromatic ring is 1. The van der Waals surface area contributed by atoms with E-state index in [1.165, 1.54) is 6.33 Å². The molecule has 144 valence electrons. The second-order valence-corrected chi connectivity index (χ2v) is 6.33. The summed E-state index contributed by atoms with van der Waals surface area (Å²) in [7, 11) is 0. The van der Waals surface area contributed by atoms with E-state index in [1.54, 1.807) is 6.20 Å². The van der Waals surface area contributed by atoms with Crippen LogP contribution in [0.5, 0.6) is 0 Å². The highest BCUT2D eigenvalue weighted by atomic mass is 16.2. The average Bonchev–Trinajstić information content (AvgIpc) is 2.75. The molecule has 0 atom stereocenters. The number of fused-ring (bicyclic) bond motifs is 1. The lowest BCUT2D eigenvalue weighted by Gasteiger charge is -2.14. The number of hydrazine groups is 1. The first kappa shape index (κ1) is 18.2. The Bertz CT molecular complexity index is 1140. The van der Waals surface area contributed by atoms with Crippen LogP contribution in [0.3, 0.4) is 0 Å². The molecule has 0 bridgehead atoms. The van der Waals surface area contributed by atoms with Crippen LogP contribution in [0.15, 0.2) is 73.2 Å². The molecule has 0 spiro atoms. The Hall–Kier alpha value is -4.20. The minimum atomic E-state index is -0.207. The summed E-state index contributed by atoms with van der Waals surface area (Å²) in [6.07, 6.45) is 3.33. The quantitative estimate of drug-likeness (QED) is 0.377. The number of aromatic nitrogens is 3. The van der Waals surface area contributed by atoms with E-state index in [0.29, 0.717) is 11.6 Å². The Morgan fingerprint density at radius 3 is 2.55 bits per heavy atom. The summed E-state index contributed by atoms with van der Waals surface area (Å²) in [4.78, 5) is 24.9. The fraction of sp³-hybridized carbons (Fsp3) is 0.0476.